The number of urea groups is 1. The summed E-state index contributed by atoms with van der Waals surface area (Å²) in [6, 6.07) is 14.2. The molecule has 0 bridgehead atoms. The molecule has 33 heavy (non-hydrogen) atoms. The van der Waals surface area contributed by atoms with E-state index in [1.807, 2.05) is 18.2 Å². The van der Waals surface area contributed by atoms with Gasteiger partial charge in [-0.15, -0.1) is 0 Å². The molecule has 0 spiro atoms. The Morgan fingerprint density at radius 2 is 1.67 bits per heavy atom. The zero-order valence-electron chi connectivity index (χ0n) is 18.2. The molecule has 0 aromatic heterocycles. The molecule has 2 saturated heterocycles. The van der Waals surface area contributed by atoms with Gasteiger partial charge in [0, 0.05) is 32.7 Å². The Kier molecular flexibility index (Phi) is 5.87. The molecule has 0 unspecified atom stereocenters. The van der Waals surface area contributed by atoms with Crippen molar-refractivity contribution in [3.05, 3.63) is 59.7 Å². The van der Waals surface area contributed by atoms with Crippen LogP contribution in [0.5, 0.6) is 11.5 Å². The highest BCUT2D eigenvalue weighted by Crippen LogP contribution is 2.33. The van der Waals surface area contributed by atoms with Crippen LogP contribution < -0.4 is 14.8 Å². The minimum atomic E-state index is -0.832. The molecule has 2 fully saturated rings. The topological polar surface area (TPSA) is 91.4 Å². The van der Waals surface area contributed by atoms with Crippen LogP contribution in [0.25, 0.3) is 0 Å². The minimum Gasteiger partial charge on any atom is -0.454 e. The summed E-state index contributed by atoms with van der Waals surface area (Å²) >= 11 is 0. The number of rotatable bonds is 6. The molecule has 172 valence electrons. The van der Waals surface area contributed by atoms with Gasteiger partial charge in [0.15, 0.2) is 11.5 Å². The van der Waals surface area contributed by atoms with E-state index in [-0.39, 0.29) is 31.6 Å². The van der Waals surface area contributed by atoms with E-state index in [1.54, 1.807) is 23.1 Å². The second-order valence-corrected chi connectivity index (χ2v) is 8.46. The van der Waals surface area contributed by atoms with Gasteiger partial charge in [0.25, 0.3) is 5.91 Å². The molecule has 1 atom stereocenters. The third-order valence-electron chi connectivity index (χ3n) is 6.24. The van der Waals surface area contributed by atoms with Gasteiger partial charge in [0.05, 0.1) is 13.0 Å². The fourth-order valence-electron chi connectivity index (χ4n) is 4.39. The first-order chi connectivity index (χ1) is 16.1. The molecule has 0 aliphatic carbocycles. The van der Waals surface area contributed by atoms with E-state index >= 15 is 0 Å². The first-order valence-electron chi connectivity index (χ1n) is 11.1. The van der Waals surface area contributed by atoms with Crippen LogP contribution in [0.4, 0.5) is 4.79 Å². The quantitative estimate of drug-likeness (QED) is 0.672. The molecule has 3 aliphatic heterocycles. The maximum absolute atomic E-state index is 12.8. The van der Waals surface area contributed by atoms with Crippen LogP contribution in [0.3, 0.4) is 0 Å². The summed E-state index contributed by atoms with van der Waals surface area (Å²) in [6.07, 6.45) is -0.0269. The van der Waals surface area contributed by atoms with Gasteiger partial charge in [-0.3, -0.25) is 19.4 Å². The Morgan fingerprint density at radius 1 is 0.909 bits per heavy atom. The molecule has 9 heteroatoms. The van der Waals surface area contributed by atoms with Crippen molar-refractivity contribution in [3.63, 3.8) is 0 Å². The van der Waals surface area contributed by atoms with Crippen molar-refractivity contribution >= 4 is 17.8 Å². The molecular formula is C24H26N4O5. The van der Waals surface area contributed by atoms with Crippen molar-refractivity contribution in [2.75, 3.05) is 33.0 Å². The molecule has 4 amide bonds. The van der Waals surface area contributed by atoms with Gasteiger partial charge in [-0.1, -0.05) is 36.4 Å². The number of nitrogens with zero attached hydrogens (tertiary/aromatic N) is 3. The predicted octanol–water partition coefficient (Wildman–Crippen LogP) is 1.57. The first-order valence-corrected chi connectivity index (χ1v) is 11.1. The summed E-state index contributed by atoms with van der Waals surface area (Å²) in [5.41, 5.74) is 2.00. The highest BCUT2D eigenvalue weighted by atomic mass is 16.7. The van der Waals surface area contributed by atoms with Gasteiger partial charge in [-0.05, 0) is 23.3 Å². The molecule has 3 aliphatic rings. The molecule has 9 nitrogen and oxygen atoms in total. The van der Waals surface area contributed by atoms with Crippen LogP contribution in [0.2, 0.25) is 0 Å². The van der Waals surface area contributed by atoms with E-state index in [0.29, 0.717) is 24.6 Å². The van der Waals surface area contributed by atoms with Gasteiger partial charge in [-0.25, -0.2) is 4.79 Å². The predicted molar refractivity (Wildman–Crippen MR) is 118 cm³/mol. The molecule has 3 heterocycles. The van der Waals surface area contributed by atoms with Crippen molar-refractivity contribution in [3.8, 4) is 11.5 Å². The lowest BCUT2D eigenvalue weighted by atomic mass is 10.1. The van der Waals surface area contributed by atoms with Gasteiger partial charge in [0.1, 0.15) is 6.04 Å². The maximum atomic E-state index is 12.8. The number of hydrogen-bond donors (Lipinski definition) is 1. The summed E-state index contributed by atoms with van der Waals surface area (Å²) < 4.78 is 10.7. The minimum absolute atomic E-state index is 0.0269. The standard InChI is InChI=1S/C24H26N4O5/c29-22(27-10-8-26(9-11-27)14-17-4-2-1-3-5-17)13-19-23(30)28(24(31)25-19)15-18-6-7-20-21(12-18)33-16-32-20/h1-7,12,19H,8-11,13-16H2,(H,25,31)/t19-/m0/s1. The van der Waals surface area contributed by atoms with E-state index in [0.717, 1.165) is 30.1 Å². The summed E-state index contributed by atoms with van der Waals surface area (Å²) in [5, 5.41) is 2.66. The van der Waals surface area contributed by atoms with Gasteiger partial charge in [-0.2, -0.15) is 0 Å². The van der Waals surface area contributed by atoms with Crippen molar-refractivity contribution < 1.29 is 23.9 Å². The average molecular weight is 450 g/mol. The Hall–Kier alpha value is -3.59. The number of hydrogen-bond acceptors (Lipinski definition) is 6. The van der Waals surface area contributed by atoms with E-state index in [2.05, 4.69) is 22.3 Å². The van der Waals surface area contributed by atoms with Crippen LogP contribution in [0.15, 0.2) is 48.5 Å². The highest BCUT2D eigenvalue weighted by Gasteiger charge is 2.40. The number of fused-ring (bicyclic) bond motifs is 1. The van der Waals surface area contributed by atoms with Crippen LogP contribution in [-0.2, 0) is 22.7 Å². The van der Waals surface area contributed by atoms with Gasteiger partial charge in [0.2, 0.25) is 12.7 Å². The number of amides is 4. The molecule has 2 aromatic rings. The number of piperazine rings is 1. The Morgan fingerprint density at radius 3 is 2.45 bits per heavy atom. The molecule has 0 radical (unpaired) electrons. The zero-order chi connectivity index (χ0) is 22.8. The average Bonchev–Trinajstić information content (AvgIpc) is 3.40. The number of ether oxygens (including phenoxy) is 2. The van der Waals surface area contributed by atoms with E-state index < -0.39 is 12.1 Å². The lowest BCUT2D eigenvalue weighted by Gasteiger charge is -2.35. The van der Waals surface area contributed by atoms with Crippen LogP contribution in [0.1, 0.15) is 17.5 Å². The van der Waals surface area contributed by atoms with Crippen molar-refractivity contribution in [1.29, 1.82) is 0 Å². The van der Waals surface area contributed by atoms with Crippen molar-refractivity contribution in [1.82, 2.24) is 20.0 Å². The number of benzene rings is 2. The highest BCUT2D eigenvalue weighted by molar-refractivity contribution is 6.05. The Balaban J connectivity index is 1.13. The molecule has 2 aromatic carbocycles. The monoisotopic (exact) mass is 450 g/mol. The third-order valence-corrected chi connectivity index (χ3v) is 6.24. The summed E-state index contributed by atoms with van der Waals surface area (Å²) in [7, 11) is 0. The van der Waals surface area contributed by atoms with E-state index in [1.165, 1.54) is 5.56 Å². The third kappa shape index (κ3) is 4.63. The van der Waals surface area contributed by atoms with Crippen LogP contribution in [-0.4, -0.2) is 71.6 Å². The lowest BCUT2D eigenvalue weighted by molar-refractivity contribution is -0.137. The zero-order valence-corrected chi connectivity index (χ0v) is 18.2. The maximum Gasteiger partial charge on any atom is 0.325 e. The smallest absolute Gasteiger partial charge is 0.325 e. The van der Waals surface area contributed by atoms with Crippen molar-refractivity contribution in [2.24, 2.45) is 0 Å². The van der Waals surface area contributed by atoms with E-state index in [4.69, 9.17) is 9.47 Å². The molecule has 0 saturated carbocycles. The van der Waals surface area contributed by atoms with Gasteiger partial charge < -0.3 is 19.7 Å². The molecule has 1 N–H and O–H groups in total. The second-order valence-electron chi connectivity index (χ2n) is 8.46. The van der Waals surface area contributed by atoms with Crippen molar-refractivity contribution in [2.45, 2.75) is 25.6 Å². The van der Waals surface area contributed by atoms with Gasteiger partial charge >= 0.3 is 6.03 Å². The number of imide groups is 1. The second kappa shape index (κ2) is 9.11. The molecular weight excluding hydrogens is 424 g/mol. The normalized spacial score (nSPS) is 20.3. The summed E-state index contributed by atoms with van der Waals surface area (Å²) in [4.78, 5) is 43.3. The fourth-order valence-corrected chi connectivity index (χ4v) is 4.39. The summed E-state index contributed by atoms with van der Waals surface area (Å²) in [6.45, 7) is 3.91. The largest absolute Gasteiger partial charge is 0.454 e. The number of carbonyl (C=O) groups excluding carboxylic acids is 3. The fraction of sp³-hybridized carbons (Fsp3) is 0.375. The Bertz CT molecular complexity index is 1050. The lowest BCUT2D eigenvalue weighted by Crippen LogP contribution is -2.49. The SMILES string of the molecule is O=C(C[C@@H]1NC(=O)N(Cc2ccc3c(c2)OCO3)C1=O)N1CCN(Cc2ccccc2)CC1. The number of carbonyl (C=O) groups is 3. The Labute approximate surface area is 191 Å². The summed E-state index contributed by atoms with van der Waals surface area (Å²) in [5.74, 6) is 0.743. The number of nitrogens with one attached hydrogen (secondary N) is 1. The van der Waals surface area contributed by atoms with E-state index in [9.17, 15) is 14.4 Å². The molecule has 5 rings (SSSR count). The van der Waals surface area contributed by atoms with Crippen LogP contribution >= 0.6 is 0 Å². The van der Waals surface area contributed by atoms with Crippen LogP contribution in [0, 0.1) is 0 Å². The first kappa shape index (κ1) is 21.3.